The Bertz CT molecular complexity index is 1230. The average molecular weight is 456 g/mol. The molecule has 2 amide bonds. The van der Waals surface area contributed by atoms with Gasteiger partial charge in [0.2, 0.25) is 5.91 Å². The summed E-state index contributed by atoms with van der Waals surface area (Å²) < 4.78 is 6.57. The maximum atomic E-state index is 12.2. The van der Waals surface area contributed by atoms with Gasteiger partial charge in [-0.05, 0) is 29.6 Å². The number of nitrogens with zero attached hydrogens (tertiary/aromatic N) is 3. The summed E-state index contributed by atoms with van der Waals surface area (Å²) in [5, 5.41) is 15.5. The van der Waals surface area contributed by atoms with E-state index in [1.807, 2.05) is 5.38 Å². The van der Waals surface area contributed by atoms with Gasteiger partial charge >= 0.3 is 0 Å². The number of furan rings is 1. The molecule has 4 rings (SSSR count). The molecule has 4 aromatic rings. The van der Waals surface area contributed by atoms with E-state index in [-0.39, 0.29) is 36.9 Å². The van der Waals surface area contributed by atoms with E-state index >= 15 is 0 Å². The number of thiophene rings is 1. The van der Waals surface area contributed by atoms with Crippen LogP contribution in [0.2, 0.25) is 0 Å². The SMILES string of the molecule is O=C(Cc1csc(NC(=O)c2ccsc2)n1)NCCn1nc(-c2ccco2)ccc1=O. The molecule has 11 heteroatoms. The number of anilines is 1. The Morgan fingerprint density at radius 1 is 1.16 bits per heavy atom. The first-order chi connectivity index (χ1) is 15.1. The first kappa shape index (κ1) is 20.7. The zero-order valence-corrected chi connectivity index (χ0v) is 17.7. The van der Waals surface area contributed by atoms with Crippen molar-refractivity contribution in [3.63, 3.8) is 0 Å². The monoisotopic (exact) mass is 455 g/mol. The van der Waals surface area contributed by atoms with Gasteiger partial charge in [0.15, 0.2) is 10.9 Å². The molecule has 2 N–H and O–H groups in total. The number of nitrogens with one attached hydrogen (secondary N) is 2. The second kappa shape index (κ2) is 9.49. The van der Waals surface area contributed by atoms with Gasteiger partial charge in [-0.3, -0.25) is 19.7 Å². The summed E-state index contributed by atoms with van der Waals surface area (Å²) >= 11 is 2.69. The van der Waals surface area contributed by atoms with Crippen LogP contribution in [-0.2, 0) is 17.8 Å². The van der Waals surface area contributed by atoms with Crippen LogP contribution in [0.1, 0.15) is 16.1 Å². The molecule has 0 radical (unpaired) electrons. The number of aromatic nitrogens is 3. The first-order valence-corrected chi connectivity index (χ1v) is 11.1. The van der Waals surface area contributed by atoms with Crippen molar-refractivity contribution in [1.29, 1.82) is 0 Å². The predicted molar refractivity (Wildman–Crippen MR) is 117 cm³/mol. The Morgan fingerprint density at radius 3 is 2.84 bits per heavy atom. The quantitative estimate of drug-likeness (QED) is 0.422. The first-order valence-electron chi connectivity index (χ1n) is 9.25. The van der Waals surface area contributed by atoms with Crippen LogP contribution in [0.4, 0.5) is 5.13 Å². The zero-order valence-electron chi connectivity index (χ0n) is 16.1. The highest BCUT2D eigenvalue weighted by Gasteiger charge is 2.12. The molecule has 0 saturated carbocycles. The molecular weight excluding hydrogens is 438 g/mol. The van der Waals surface area contributed by atoms with Crippen LogP contribution >= 0.6 is 22.7 Å². The molecule has 0 aliphatic rings. The van der Waals surface area contributed by atoms with Gasteiger partial charge in [-0.2, -0.15) is 16.4 Å². The fourth-order valence-corrected chi connectivity index (χ4v) is 4.04. The predicted octanol–water partition coefficient (Wildman–Crippen LogP) is 2.63. The molecule has 0 atom stereocenters. The van der Waals surface area contributed by atoms with Gasteiger partial charge in [0, 0.05) is 23.4 Å². The highest BCUT2D eigenvalue weighted by atomic mass is 32.1. The average Bonchev–Trinajstić information content (AvgIpc) is 3.52. The van der Waals surface area contributed by atoms with Gasteiger partial charge in [0.1, 0.15) is 5.69 Å². The van der Waals surface area contributed by atoms with E-state index in [0.29, 0.717) is 27.8 Å². The van der Waals surface area contributed by atoms with E-state index < -0.39 is 0 Å². The summed E-state index contributed by atoms with van der Waals surface area (Å²) in [4.78, 5) is 40.5. The summed E-state index contributed by atoms with van der Waals surface area (Å²) in [6, 6.07) is 8.22. The van der Waals surface area contributed by atoms with Crippen molar-refractivity contribution in [3.05, 3.63) is 74.3 Å². The number of thiazole rings is 1. The largest absolute Gasteiger partial charge is 0.463 e. The smallest absolute Gasteiger partial charge is 0.266 e. The van der Waals surface area contributed by atoms with Crippen molar-refractivity contribution in [2.45, 2.75) is 13.0 Å². The normalized spacial score (nSPS) is 10.7. The Balaban J connectivity index is 1.27. The van der Waals surface area contributed by atoms with Crippen LogP contribution in [0, 0.1) is 0 Å². The van der Waals surface area contributed by atoms with Crippen molar-refractivity contribution >= 4 is 39.6 Å². The summed E-state index contributed by atoms with van der Waals surface area (Å²) in [6.45, 7) is 0.456. The second-order valence-corrected chi connectivity index (χ2v) is 8.03. The van der Waals surface area contributed by atoms with Crippen molar-refractivity contribution in [2.24, 2.45) is 0 Å². The Hall–Kier alpha value is -3.57. The van der Waals surface area contributed by atoms with Gasteiger partial charge < -0.3 is 9.73 Å². The fourth-order valence-electron chi connectivity index (χ4n) is 2.70. The highest BCUT2D eigenvalue weighted by Crippen LogP contribution is 2.18. The van der Waals surface area contributed by atoms with Crippen LogP contribution in [0.5, 0.6) is 0 Å². The van der Waals surface area contributed by atoms with Crippen LogP contribution in [-0.4, -0.2) is 33.1 Å². The Morgan fingerprint density at radius 2 is 2.06 bits per heavy atom. The molecule has 0 bridgehead atoms. The molecule has 0 aliphatic heterocycles. The van der Waals surface area contributed by atoms with Crippen LogP contribution in [0.25, 0.3) is 11.5 Å². The van der Waals surface area contributed by atoms with Crippen LogP contribution in [0.15, 0.2) is 61.9 Å². The molecule has 0 spiro atoms. The Labute approximate surface area is 184 Å². The molecule has 4 heterocycles. The number of hydrogen-bond donors (Lipinski definition) is 2. The van der Waals surface area contributed by atoms with E-state index in [0.717, 1.165) is 0 Å². The van der Waals surface area contributed by atoms with E-state index in [4.69, 9.17) is 4.42 Å². The van der Waals surface area contributed by atoms with E-state index in [9.17, 15) is 14.4 Å². The summed E-state index contributed by atoms with van der Waals surface area (Å²) in [5.74, 6) is 0.0841. The van der Waals surface area contributed by atoms with Gasteiger partial charge in [0.25, 0.3) is 11.5 Å². The van der Waals surface area contributed by atoms with Gasteiger partial charge in [-0.25, -0.2) is 9.67 Å². The van der Waals surface area contributed by atoms with Crippen molar-refractivity contribution in [2.75, 3.05) is 11.9 Å². The third-order valence-corrected chi connectivity index (χ3v) is 5.67. The Kier molecular flexibility index (Phi) is 6.34. The summed E-state index contributed by atoms with van der Waals surface area (Å²) in [5.41, 5.74) is 1.39. The lowest BCUT2D eigenvalue weighted by Crippen LogP contribution is -2.32. The number of hydrogen-bond acceptors (Lipinski definition) is 8. The number of carbonyl (C=O) groups is 2. The lowest BCUT2D eigenvalue weighted by molar-refractivity contribution is -0.120. The molecule has 0 aromatic carbocycles. The topological polar surface area (TPSA) is 119 Å². The minimum absolute atomic E-state index is 0.0690. The van der Waals surface area contributed by atoms with E-state index in [2.05, 4.69) is 20.7 Å². The molecule has 0 unspecified atom stereocenters. The molecule has 9 nitrogen and oxygen atoms in total. The molecule has 0 fully saturated rings. The zero-order chi connectivity index (χ0) is 21.6. The minimum atomic E-state index is -0.268. The summed E-state index contributed by atoms with van der Waals surface area (Å²) in [7, 11) is 0. The second-order valence-electron chi connectivity index (χ2n) is 6.39. The molecule has 4 aromatic heterocycles. The van der Waals surface area contributed by atoms with Crippen molar-refractivity contribution in [3.8, 4) is 11.5 Å². The molecule has 0 saturated heterocycles. The van der Waals surface area contributed by atoms with E-state index in [1.54, 1.807) is 35.0 Å². The minimum Gasteiger partial charge on any atom is -0.463 e. The van der Waals surface area contributed by atoms with Gasteiger partial charge in [0.05, 0.1) is 30.5 Å². The standard InChI is InChI=1S/C20H17N5O4S2/c26-17(10-14-12-31-20(22-14)23-19(28)13-5-9-30-11-13)21-6-7-25-18(27)4-3-15(24-25)16-2-1-8-29-16/h1-5,8-9,11-12H,6-7,10H2,(H,21,26)(H,22,23,28). The van der Waals surface area contributed by atoms with Crippen LogP contribution in [0.3, 0.4) is 0 Å². The molecule has 158 valence electrons. The maximum absolute atomic E-state index is 12.2. The van der Waals surface area contributed by atoms with E-state index in [1.165, 1.54) is 39.7 Å². The number of rotatable bonds is 8. The highest BCUT2D eigenvalue weighted by molar-refractivity contribution is 7.14. The number of carbonyl (C=O) groups excluding carboxylic acids is 2. The van der Waals surface area contributed by atoms with Crippen LogP contribution < -0.4 is 16.2 Å². The fraction of sp³-hybridized carbons (Fsp3) is 0.150. The van der Waals surface area contributed by atoms with Gasteiger partial charge in [-0.1, -0.05) is 0 Å². The van der Waals surface area contributed by atoms with Crippen molar-refractivity contribution in [1.82, 2.24) is 20.1 Å². The maximum Gasteiger partial charge on any atom is 0.266 e. The summed E-state index contributed by atoms with van der Waals surface area (Å²) in [6.07, 6.45) is 1.60. The third-order valence-electron chi connectivity index (χ3n) is 4.18. The lowest BCUT2D eigenvalue weighted by atomic mass is 10.3. The molecule has 0 aliphatic carbocycles. The third kappa shape index (κ3) is 5.32. The molecular formula is C20H17N5O4S2. The van der Waals surface area contributed by atoms with Crippen molar-refractivity contribution < 1.29 is 14.0 Å². The van der Waals surface area contributed by atoms with Gasteiger partial charge in [-0.15, -0.1) is 11.3 Å². The number of amides is 2. The lowest BCUT2D eigenvalue weighted by Gasteiger charge is -2.07. The molecule has 31 heavy (non-hydrogen) atoms.